The van der Waals surface area contributed by atoms with E-state index < -0.39 is 10.4 Å². The summed E-state index contributed by atoms with van der Waals surface area (Å²) >= 11 is 0. The molecule has 2 N–H and O–H groups in total. The van der Waals surface area contributed by atoms with Crippen LogP contribution in [-0.2, 0) is 10.4 Å². The molecule has 0 aliphatic carbocycles. The number of hydrogen-bond acceptors (Lipinski definition) is 2. The van der Waals surface area contributed by atoms with Crippen molar-refractivity contribution in [3.8, 4) is 0 Å². The molecule has 1 unspecified atom stereocenters. The molecule has 0 aromatic rings. The van der Waals surface area contributed by atoms with Crippen molar-refractivity contribution in [2.24, 2.45) is 11.8 Å². The van der Waals surface area contributed by atoms with Crippen LogP contribution in [0.2, 0.25) is 0 Å². The summed E-state index contributed by atoms with van der Waals surface area (Å²) in [4.78, 5) is 0. The average molecular weight is 361 g/mol. The van der Waals surface area contributed by atoms with Crippen LogP contribution in [-0.4, -0.2) is 17.5 Å². The van der Waals surface area contributed by atoms with Gasteiger partial charge in [0, 0.05) is 0 Å². The molecule has 0 fully saturated rings. The van der Waals surface area contributed by atoms with E-state index in [1.54, 1.807) is 0 Å². The summed E-state index contributed by atoms with van der Waals surface area (Å²) in [5, 5.41) is 0. The SMILES string of the molecule is CCCCC(CC)CC[CH-]CCC(CC)CC.O=S(=O)(O)O.[Na+]. The van der Waals surface area contributed by atoms with Crippen molar-refractivity contribution >= 4 is 10.4 Å². The van der Waals surface area contributed by atoms with E-state index >= 15 is 0 Å². The molecule has 0 radical (unpaired) electrons. The Morgan fingerprint density at radius 3 is 1.57 bits per heavy atom. The molecular formula is C17H37NaO4S. The van der Waals surface area contributed by atoms with Crippen molar-refractivity contribution in [1.29, 1.82) is 0 Å². The van der Waals surface area contributed by atoms with E-state index in [2.05, 4.69) is 34.1 Å². The maximum atomic E-state index is 8.74. The smallest absolute Gasteiger partial charge is 0.328 e. The van der Waals surface area contributed by atoms with E-state index in [-0.39, 0.29) is 29.6 Å². The van der Waals surface area contributed by atoms with Gasteiger partial charge in [0.2, 0.25) is 0 Å². The fourth-order valence-corrected chi connectivity index (χ4v) is 2.59. The average Bonchev–Trinajstić information content (AvgIpc) is 2.44. The zero-order chi connectivity index (χ0) is 17.4. The molecule has 0 saturated carbocycles. The maximum Gasteiger partial charge on any atom is 1.00 e. The number of hydrogen-bond donors (Lipinski definition) is 2. The van der Waals surface area contributed by atoms with E-state index in [4.69, 9.17) is 17.5 Å². The van der Waals surface area contributed by atoms with Gasteiger partial charge in [-0.3, -0.25) is 9.11 Å². The minimum atomic E-state index is -4.67. The largest absolute Gasteiger partial charge is 1.00 e. The van der Waals surface area contributed by atoms with Gasteiger partial charge in [-0.25, -0.2) is 0 Å². The van der Waals surface area contributed by atoms with Gasteiger partial charge in [0.25, 0.3) is 0 Å². The molecule has 0 heterocycles. The minimum Gasteiger partial charge on any atom is -0.328 e. The Balaban J connectivity index is -0.000000578. The zero-order valence-corrected chi connectivity index (χ0v) is 18.7. The molecule has 23 heavy (non-hydrogen) atoms. The monoisotopic (exact) mass is 360 g/mol. The second-order valence-corrected chi connectivity index (χ2v) is 6.89. The van der Waals surface area contributed by atoms with E-state index in [1.807, 2.05) is 0 Å². The van der Waals surface area contributed by atoms with Crippen LogP contribution in [0.3, 0.4) is 0 Å². The second-order valence-electron chi connectivity index (χ2n) is 5.99. The van der Waals surface area contributed by atoms with Gasteiger partial charge in [-0.05, 0) is 11.8 Å². The van der Waals surface area contributed by atoms with Gasteiger partial charge in [-0.15, -0.1) is 0 Å². The Bertz CT molecular complexity index is 309. The van der Waals surface area contributed by atoms with Gasteiger partial charge in [0.1, 0.15) is 0 Å². The normalized spacial score (nSPS) is 12.3. The van der Waals surface area contributed by atoms with Crippen molar-refractivity contribution in [3.05, 3.63) is 6.42 Å². The van der Waals surface area contributed by atoms with E-state index in [1.165, 1.54) is 64.2 Å². The molecule has 0 aromatic carbocycles. The van der Waals surface area contributed by atoms with Crippen molar-refractivity contribution in [1.82, 2.24) is 0 Å². The third kappa shape index (κ3) is 28.0. The predicted molar refractivity (Wildman–Crippen MR) is 94.3 cm³/mol. The molecular weight excluding hydrogens is 323 g/mol. The summed E-state index contributed by atoms with van der Waals surface area (Å²) in [6, 6.07) is 0. The molecule has 1 atom stereocenters. The van der Waals surface area contributed by atoms with Crippen LogP contribution >= 0.6 is 0 Å². The van der Waals surface area contributed by atoms with Crippen LogP contribution in [0.5, 0.6) is 0 Å². The molecule has 0 saturated heterocycles. The molecule has 0 amide bonds. The van der Waals surface area contributed by atoms with Crippen LogP contribution in [0.25, 0.3) is 0 Å². The van der Waals surface area contributed by atoms with E-state index in [0.29, 0.717) is 0 Å². The summed E-state index contributed by atoms with van der Waals surface area (Å²) in [5.74, 6) is 1.95. The third-order valence-corrected chi connectivity index (χ3v) is 4.26. The number of unbranched alkanes of at least 4 members (excludes halogenated alkanes) is 3. The molecule has 0 aliphatic heterocycles. The topological polar surface area (TPSA) is 74.6 Å². The fourth-order valence-electron chi connectivity index (χ4n) is 2.59. The van der Waals surface area contributed by atoms with Crippen LogP contribution in [0.1, 0.15) is 91.9 Å². The first kappa shape index (κ1) is 28.7. The van der Waals surface area contributed by atoms with Crippen molar-refractivity contribution < 1.29 is 47.1 Å². The fraction of sp³-hybridized carbons (Fsp3) is 0.941. The molecule has 0 rings (SSSR count). The first-order chi connectivity index (χ1) is 10.3. The van der Waals surface area contributed by atoms with Crippen LogP contribution < -0.4 is 29.6 Å². The van der Waals surface area contributed by atoms with E-state index in [9.17, 15) is 0 Å². The molecule has 4 nitrogen and oxygen atoms in total. The Hall–Kier alpha value is 0.870. The zero-order valence-electron chi connectivity index (χ0n) is 15.9. The standard InChI is InChI=1S/C17H35.Na.H2O4S/c1-5-9-13-17(8-4)15-12-10-11-14-16(6-2)7-3;;1-5(2,3)4/h10,16-17H,5-9,11-15H2,1-4H3;;(H2,1,2,3,4)/q-1;+1;. The summed E-state index contributed by atoms with van der Waals surface area (Å²) < 4.78 is 31.6. The van der Waals surface area contributed by atoms with E-state index in [0.717, 1.165) is 11.8 Å². The van der Waals surface area contributed by atoms with Gasteiger partial charge >= 0.3 is 40.0 Å². The Morgan fingerprint density at radius 1 is 0.826 bits per heavy atom. The van der Waals surface area contributed by atoms with Gasteiger partial charge in [-0.1, -0.05) is 79.1 Å². The van der Waals surface area contributed by atoms with Crippen molar-refractivity contribution in [2.75, 3.05) is 0 Å². The third-order valence-electron chi connectivity index (χ3n) is 4.26. The van der Waals surface area contributed by atoms with Crippen LogP contribution in [0.4, 0.5) is 0 Å². The molecule has 0 bridgehead atoms. The minimum absolute atomic E-state index is 0. The maximum absolute atomic E-state index is 8.74. The van der Waals surface area contributed by atoms with Crippen molar-refractivity contribution in [3.63, 3.8) is 0 Å². The van der Waals surface area contributed by atoms with Crippen LogP contribution in [0, 0.1) is 18.3 Å². The molecule has 136 valence electrons. The predicted octanol–water partition coefficient (Wildman–Crippen LogP) is 2.75. The Morgan fingerprint density at radius 2 is 1.22 bits per heavy atom. The molecule has 0 spiro atoms. The van der Waals surface area contributed by atoms with Gasteiger partial charge in [0.05, 0.1) is 0 Å². The first-order valence-electron chi connectivity index (χ1n) is 8.79. The molecule has 0 aliphatic rings. The number of rotatable bonds is 12. The second kappa shape index (κ2) is 19.2. The Kier molecular flexibility index (Phi) is 23.9. The van der Waals surface area contributed by atoms with Gasteiger partial charge in [-0.2, -0.15) is 21.3 Å². The first-order valence-corrected chi connectivity index (χ1v) is 10.2. The quantitative estimate of drug-likeness (QED) is 0.243. The van der Waals surface area contributed by atoms with Crippen molar-refractivity contribution in [2.45, 2.75) is 91.9 Å². The van der Waals surface area contributed by atoms with Gasteiger partial charge in [0.15, 0.2) is 0 Å². The summed E-state index contributed by atoms with van der Waals surface area (Å²) in [5.41, 5.74) is 0. The summed E-state index contributed by atoms with van der Waals surface area (Å²) in [7, 11) is -4.67. The molecule has 0 aromatic heterocycles. The molecule has 6 heteroatoms. The van der Waals surface area contributed by atoms with Crippen LogP contribution in [0.15, 0.2) is 0 Å². The summed E-state index contributed by atoms with van der Waals surface area (Å²) in [6.45, 7) is 9.30. The summed E-state index contributed by atoms with van der Waals surface area (Å²) in [6.07, 6.45) is 16.4. The Labute approximate surface area is 167 Å². The van der Waals surface area contributed by atoms with Gasteiger partial charge < -0.3 is 6.42 Å².